The lowest BCUT2D eigenvalue weighted by atomic mass is 9.88. The van der Waals surface area contributed by atoms with Crippen molar-refractivity contribution in [3.05, 3.63) is 29.3 Å². The summed E-state index contributed by atoms with van der Waals surface area (Å²) in [5.74, 6) is -2.07. The minimum Gasteiger partial charge on any atom is -0.350 e. The van der Waals surface area contributed by atoms with Gasteiger partial charge in [-0.1, -0.05) is 0 Å². The SMILES string of the molecule is O=C1NCCn2c(C3CCN(C4CCC(F)(F)CC4)CC3)nc3cc(F)cc1c32. The van der Waals surface area contributed by atoms with Crippen molar-refractivity contribution in [2.45, 2.75) is 63.0 Å². The van der Waals surface area contributed by atoms with Crippen molar-refractivity contribution in [3.8, 4) is 0 Å². The number of benzene rings is 1. The van der Waals surface area contributed by atoms with E-state index < -0.39 is 11.7 Å². The van der Waals surface area contributed by atoms with E-state index >= 15 is 0 Å². The summed E-state index contributed by atoms with van der Waals surface area (Å²) < 4.78 is 43.0. The molecule has 1 saturated heterocycles. The molecule has 5 rings (SSSR count). The van der Waals surface area contributed by atoms with E-state index in [0.717, 1.165) is 31.8 Å². The molecule has 1 saturated carbocycles. The highest BCUT2D eigenvalue weighted by atomic mass is 19.3. The fraction of sp³-hybridized carbons (Fsp3) is 0.619. The van der Waals surface area contributed by atoms with Crippen LogP contribution in [0.5, 0.6) is 0 Å². The molecule has 1 aromatic heterocycles. The summed E-state index contributed by atoms with van der Waals surface area (Å²) in [6.07, 6.45) is 2.90. The number of imidazole rings is 1. The number of carbonyl (C=O) groups excluding carboxylic acids is 1. The van der Waals surface area contributed by atoms with Gasteiger partial charge < -0.3 is 14.8 Å². The van der Waals surface area contributed by atoms with Gasteiger partial charge in [-0.05, 0) is 44.8 Å². The smallest absolute Gasteiger partial charge is 0.253 e. The van der Waals surface area contributed by atoms with E-state index in [9.17, 15) is 18.0 Å². The summed E-state index contributed by atoms with van der Waals surface area (Å²) in [6.45, 7) is 2.84. The van der Waals surface area contributed by atoms with Gasteiger partial charge in [0.15, 0.2) is 0 Å². The highest BCUT2D eigenvalue weighted by molar-refractivity contribution is 6.05. The number of amides is 1. The van der Waals surface area contributed by atoms with Crippen LogP contribution < -0.4 is 5.32 Å². The van der Waals surface area contributed by atoms with Gasteiger partial charge in [0, 0.05) is 44.0 Å². The number of piperidine rings is 1. The summed E-state index contributed by atoms with van der Waals surface area (Å²) in [6, 6.07) is 2.93. The highest BCUT2D eigenvalue weighted by Gasteiger charge is 2.38. The molecule has 0 unspecified atom stereocenters. The molecule has 0 atom stereocenters. The number of likely N-dealkylation sites (tertiary alicyclic amines) is 1. The molecule has 0 spiro atoms. The Morgan fingerprint density at radius 3 is 2.52 bits per heavy atom. The minimum absolute atomic E-state index is 0.0112. The van der Waals surface area contributed by atoms with E-state index in [4.69, 9.17) is 4.98 Å². The molecule has 2 aromatic rings. The van der Waals surface area contributed by atoms with Crippen molar-refractivity contribution >= 4 is 16.9 Å². The molecule has 0 bridgehead atoms. The molecular formula is C21H25F3N4O. The monoisotopic (exact) mass is 406 g/mol. The number of nitrogens with zero attached hydrogens (tertiary/aromatic N) is 3. The molecule has 8 heteroatoms. The second kappa shape index (κ2) is 7.00. The molecule has 156 valence electrons. The van der Waals surface area contributed by atoms with Crippen molar-refractivity contribution in [1.82, 2.24) is 19.8 Å². The second-order valence-electron chi connectivity index (χ2n) is 8.60. The van der Waals surface area contributed by atoms with Crippen molar-refractivity contribution < 1.29 is 18.0 Å². The van der Waals surface area contributed by atoms with Crippen LogP contribution in [0.25, 0.3) is 11.0 Å². The van der Waals surface area contributed by atoms with Crippen molar-refractivity contribution in [2.75, 3.05) is 19.6 Å². The number of nitrogens with one attached hydrogen (secondary N) is 1. The molecule has 1 amide bonds. The van der Waals surface area contributed by atoms with E-state index in [1.165, 1.54) is 12.1 Å². The fourth-order valence-corrected chi connectivity index (χ4v) is 5.25. The van der Waals surface area contributed by atoms with Gasteiger partial charge in [0.1, 0.15) is 11.6 Å². The molecule has 2 fully saturated rings. The summed E-state index contributed by atoms with van der Waals surface area (Å²) >= 11 is 0. The average Bonchev–Trinajstić information content (AvgIpc) is 2.96. The summed E-state index contributed by atoms with van der Waals surface area (Å²) in [4.78, 5) is 19.4. The van der Waals surface area contributed by atoms with Crippen LogP contribution in [0.2, 0.25) is 0 Å². The van der Waals surface area contributed by atoms with Crippen LogP contribution in [0.4, 0.5) is 13.2 Å². The number of rotatable bonds is 2. The normalized spacial score (nSPS) is 23.9. The third-order valence-electron chi connectivity index (χ3n) is 6.80. The largest absolute Gasteiger partial charge is 0.350 e. The van der Waals surface area contributed by atoms with Gasteiger partial charge in [-0.2, -0.15) is 0 Å². The van der Waals surface area contributed by atoms with Gasteiger partial charge in [-0.15, -0.1) is 0 Å². The van der Waals surface area contributed by atoms with Crippen LogP contribution in [0.1, 0.15) is 60.6 Å². The van der Waals surface area contributed by atoms with E-state index in [0.29, 0.717) is 42.5 Å². The Kier molecular flexibility index (Phi) is 4.57. The third kappa shape index (κ3) is 3.41. The minimum atomic E-state index is -2.50. The Morgan fingerprint density at radius 2 is 1.79 bits per heavy atom. The number of halogens is 3. The number of alkyl halides is 2. The maximum Gasteiger partial charge on any atom is 0.253 e. The number of hydrogen-bond acceptors (Lipinski definition) is 3. The second-order valence-corrected chi connectivity index (χ2v) is 8.60. The first-order valence-corrected chi connectivity index (χ1v) is 10.5. The zero-order chi connectivity index (χ0) is 20.2. The molecule has 1 aromatic carbocycles. The first kappa shape index (κ1) is 18.9. The summed E-state index contributed by atoms with van der Waals surface area (Å²) in [7, 11) is 0. The van der Waals surface area contributed by atoms with E-state index in [1.54, 1.807) is 0 Å². The zero-order valence-electron chi connectivity index (χ0n) is 16.3. The Labute approximate surface area is 167 Å². The van der Waals surface area contributed by atoms with Gasteiger partial charge in [0.2, 0.25) is 5.92 Å². The molecule has 1 aliphatic carbocycles. The molecule has 0 radical (unpaired) electrons. The van der Waals surface area contributed by atoms with E-state index in [-0.39, 0.29) is 30.7 Å². The van der Waals surface area contributed by atoms with Gasteiger partial charge >= 0.3 is 0 Å². The zero-order valence-corrected chi connectivity index (χ0v) is 16.3. The van der Waals surface area contributed by atoms with Gasteiger partial charge in [0.25, 0.3) is 5.91 Å². The molecule has 3 heterocycles. The lowest BCUT2D eigenvalue weighted by Gasteiger charge is -2.40. The lowest BCUT2D eigenvalue weighted by molar-refractivity contribution is -0.0559. The van der Waals surface area contributed by atoms with Crippen LogP contribution in [0.3, 0.4) is 0 Å². The first-order chi connectivity index (χ1) is 13.9. The van der Waals surface area contributed by atoms with Crippen molar-refractivity contribution in [1.29, 1.82) is 0 Å². The molecule has 2 aliphatic heterocycles. The number of carbonyl (C=O) groups is 1. The van der Waals surface area contributed by atoms with Crippen molar-refractivity contribution in [2.24, 2.45) is 0 Å². The Bertz CT molecular complexity index is 939. The number of hydrogen-bond donors (Lipinski definition) is 1. The van der Waals surface area contributed by atoms with Crippen LogP contribution >= 0.6 is 0 Å². The molecule has 5 nitrogen and oxygen atoms in total. The molecule has 3 aliphatic rings. The van der Waals surface area contributed by atoms with Gasteiger partial charge in [-0.25, -0.2) is 18.2 Å². The van der Waals surface area contributed by atoms with Crippen LogP contribution in [0, 0.1) is 5.82 Å². The van der Waals surface area contributed by atoms with Crippen LogP contribution in [-0.2, 0) is 6.54 Å². The Morgan fingerprint density at radius 1 is 1.07 bits per heavy atom. The predicted molar refractivity (Wildman–Crippen MR) is 103 cm³/mol. The van der Waals surface area contributed by atoms with Gasteiger partial charge in [0.05, 0.1) is 16.6 Å². The van der Waals surface area contributed by atoms with Gasteiger partial charge in [-0.3, -0.25) is 4.79 Å². The maximum absolute atomic E-state index is 14.0. The quantitative estimate of drug-likeness (QED) is 0.828. The predicted octanol–water partition coefficient (Wildman–Crippen LogP) is 3.68. The topological polar surface area (TPSA) is 50.2 Å². The van der Waals surface area contributed by atoms with Crippen LogP contribution in [-0.4, -0.2) is 52.0 Å². The van der Waals surface area contributed by atoms with Crippen molar-refractivity contribution in [3.63, 3.8) is 0 Å². The summed E-state index contributed by atoms with van der Waals surface area (Å²) in [5, 5.41) is 2.83. The lowest BCUT2D eigenvalue weighted by Crippen LogP contribution is -2.44. The van der Waals surface area contributed by atoms with E-state index in [2.05, 4.69) is 14.8 Å². The Balaban J connectivity index is 1.37. The fourth-order valence-electron chi connectivity index (χ4n) is 5.25. The van der Waals surface area contributed by atoms with Crippen LogP contribution in [0.15, 0.2) is 12.1 Å². The third-order valence-corrected chi connectivity index (χ3v) is 6.80. The molecule has 1 N–H and O–H groups in total. The molecule has 29 heavy (non-hydrogen) atoms. The number of aromatic nitrogens is 2. The Hall–Kier alpha value is -2.09. The highest BCUT2D eigenvalue weighted by Crippen LogP contribution is 2.38. The first-order valence-electron chi connectivity index (χ1n) is 10.5. The average molecular weight is 406 g/mol. The maximum atomic E-state index is 14.0. The van der Waals surface area contributed by atoms with E-state index in [1.807, 2.05) is 0 Å². The standard InChI is InChI=1S/C21H25F3N4O/c22-14-11-16-18-17(12-14)26-19(28(18)10-7-25-20(16)29)13-3-8-27(9-4-13)15-1-5-21(23,24)6-2-15/h11-13,15H,1-10H2,(H,25,29). The molecular weight excluding hydrogens is 381 g/mol. The summed E-state index contributed by atoms with van der Waals surface area (Å²) in [5.41, 5.74) is 1.59.